The number of fused-ring (bicyclic) bond motifs is 1. The molecule has 1 aliphatic heterocycles. The predicted octanol–water partition coefficient (Wildman–Crippen LogP) is 3.08. The van der Waals surface area contributed by atoms with Gasteiger partial charge in [0.05, 0.1) is 12.8 Å². The lowest BCUT2D eigenvalue weighted by Crippen LogP contribution is -2.42. The number of amides is 1. The van der Waals surface area contributed by atoms with Gasteiger partial charge in [-0.1, -0.05) is 11.3 Å². The Kier molecular flexibility index (Phi) is 5.17. The maximum absolute atomic E-state index is 12.3. The Morgan fingerprint density at radius 3 is 2.81 bits per heavy atom. The molecule has 1 aliphatic rings. The van der Waals surface area contributed by atoms with Gasteiger partial charge in [-0.05, 0) is 40.5 Å². The van der Waals surface area contributed by atoms with Gasteiger partial charge in [0.25, 0.3) is 0 Å². The molecule has 0 saturated carbocycles. The van der Waals surface area contributed by atoms with Crippen LogP contribution in [0, 0.1) is 0 Å². The zero-order chi connectivity index (χ0) is 18.9. The third-order valence-electron chi connectivity index (χ3n) is 3.97. The van der Waals surface area contributed by atoms with Crippen molar-refractivity contribution in [1.82, 2.24) is 19.5 Å². The molecule has 2 aromatic heterocycles. The first-order valence-corrected chi connectivity index (χ1v) is 9.59. The van der Waals surface area contributed by atoms with Crippen molar-refractivity contribution in [2.24, 2.45) is 0 Å². The van der Waals surface area contributed by atoms with Crippen molar-refractivity contribution in [3.05, 3.63) is 16.9 Å². The summed E-state index contributed by atoms with van der Waals surface area (Å²) in [5.41, 5.74) is -0.244. The fourth-order valence-electron chi connectivity index (χ4n) is 2.85. The van der Waals surface area contributed by atoms with Crippen LogP contribution in [0.4, 0.5) is 4.79 Å². The number of piperidine rings is 1. The minimum atomic E-state index is -0.505. The second-order valence-electron chi connectivity index (χ2n) is 7.28. The van der Waals surface area contributed by atoms with Crippen LogP contribution >= 0.6 is 11.3 Å². The number of carbonyl (C=O) groups excluding carboxylic acids is 2. The van der Waals surface area contributed by atoms with Crippen molar-refractivity contribution >= 4 is 28.4 Å². The van der Waals surface area contributed by atoms with Crippen molar-refractivity contribution in [2.75, 3.05) is 19.7 Å². The van der Waals surface area contributed by atoms with Crippen molar-refractivity contribution in [1.29, 1.82) is 0 Å². The molecule has 0 aromatic carbocycles. The number of hydrogen-bond acceptors (Lipinski definition) is 7. The molecular formula is C17H24N4O4S. The zero-order valence-electron chi connectivity index (χ0n) is 15.5. The highest BCUT2D eigenvalue weighted by Gasteiger charge is 2.30. The van der Waals surface area contributed by atoms with E-state index in [9.17, 15) is 9.59 Å². The molecule has 0 N–H and O–H groups in total. The molecule has 2 aromatic rings. The largest absolute Gasteiger partial charge is 0.461 e. The first kappa shape index (κ1) is 18.6. The molecule has 9 heteroatoms. The SMILES string of the molecule is CCOC(=O)c1cn2nc(C3CCCN(C(=O)OC(C)(C)C)C3)sc2n1. The topological polar surface area (TPSA) is 86.0 Å². The van der Waals surface area contributed by atoms with E-state index in [1.807, 2.05) is 20.8 Å². The normalized spacial score (nSPS) is 18.2. The highest BCUT2D eigenvalue weighted by Crippen LogP contribution is 2.31. The molecule has 142 valence electrons. The average molecular weight is 380 g/mol. The lowest BCUT2D eigenvalue weighted by atomic mass is 9.99. The molecule has 1 saturated heterocycles. The standard InChI is InChI=1S/C17H24N4O4S/c1-5-24-14(22)12-10-21-15(18-12)26-13(19-21)11-7-6-8-20(9-11)16(23)25-17(2,3)4/h10-11H,5-9H2,1-4H3. The molecule has 1 fully saturated rings. The van der Waals surface area contributed by atoms with Gasteiger partial charge in [0.2, 0.25) is 4.96 Å². The Morgan fingerprint density at radius 2 is 2.15 bits per heavy atom. The average Bonchev–Trinajstić information content (AvgIpc) is 3.12. The highest BCUT2D eigenvalue weighted by molar-refractivity contribution is 7.16. The molecule has 0 spiro atoms. The smallest absolute Gasteiger partial charge is 0.410 e. The molecule has 1 unspecified atom stereocenters. The van der Waals surface area contributed by atoms with E-state index in [0.29, 0.717) is 24.7 Å². The van der Waals surface area contributed by atoms with Gasteiger partial charge in [0, 0.05) is 19.0 Å². The molecule has 0 aliphatic carbocycles. The van der Waals surface area contributed by atoms with E-state index in [2.05, 4.69) is 10.1 Å². The van der Waals surface area contributed by atoms with Crippen LogP contribution in [0.3, 0.4) is 0 Å². The number of ether oxygens (including phenoxy) is 2. The Bertz CT molecular complexity index is 776. The van der Waals surface area contributed by atoms with Gasteiger partial charge in [0.15, 0.2) is 5.69 Å². The second kappa shape index (κ2) is 7.22. The molecule has 3 heterocycles. The zero-order valence-corrected chi connectivity index (χ0v) is 16.3. The minimum absolute atomic E-state index is 0.147. The monoisotopic (exact) mass is 380 g/mol. The van der Waals surface area contributed by atoms with Crippen LogP contribution in [0.25, 0.3) is 4.96 Å². The van der Waals surface area contributed by atoms with Gasteiger partial charge in [-0.3, -0.25) is 0 Å². The van der Waals surface area contributed by atoms with Crippen LogP contribution in [0.1, 0.15) is 62.0 Å². The Labute approximate surface area is 156 Å². The Morgan fingerprint density at radius 1 is 1.38 bits per heavy atom. The van der Waals surface area contributed by atoms with E-state index in [1.54, 1.807) is 22.5 Å². The molecule has 1 amide bonds. The van der Waals surface area contributed by atoms with Crippen LogP contribution in [0.15, 0.2) is 6.20 Å². The summed E-state index contributed by atoms with van der Waals surface area (Å²) in [4.78, 5) is 30.7. The maximum Gasteiger partial charge on any atom is 0.410 e. The summed E-state index contributed by atoms with van der Waals surface area (Å²) < 4.78 is 12.0. The molecule has 1 atom stereocenters. The summed E-state index contributed by atoms with van der Waals surface area (Å²) in [7, 11) is 0. The maximum atomic E-state index is 12.3. The molecular weight excluding hydrogens is 356 g/mol. The third kappa shape index (κ3) is 4.14. The second-order valence-corrected chi connectivity index (χ2v) is 8.27. The van der Waals surface area contributed by atoms with Crippen LogP contribution in [-0.4, -0.2) is 56.9 Å². The van der Waals surface area contributed by atoms with Crippen molar-refractivity contribution in [3.8, 4) is 0 Å². The summed E-state index contributed by atoms with van der Waals surface area (Å²) in [5, 5.41) is 5.47. The van der Waals surface area contributed by atoms with E-state index in [0.717, 1.165) is 17.8 Å². The lowest BCUT2D eigenvalue weighted by Gasteiger charge is -2.33. The number of hydrogen-bond donors (Lipinski definition) is 0. The molecule has 3 rings (SSSR count). The number of imidazole rings is 1. The minimum Gasteiger partial charge on any atom is -0.461 e. The van der Waals surface area contributed by atoms with E-state index >= 15 is 0 Å². The van der Waals surface area contributed by atoms with Crippen LogP contribution in [0.2, 0.25) is 0 Å². The number of esters is 1. The van der Waals surface area contributed by atoms with Crippen molar-refractivity contribution in [3.63, 3.8) is 0 Å². The lowest BCUT2D eigenvalue weighted by molar-refractivity contribution is 0.0197. The molecule has 8 nitrogen and oxygen atoms in total. The number of nitrogens with zero attached hydrogens (tertiary/aromatic N) is 4. The number of aromatic nitrogens is 3. The molecule has 0 radical (unpaired) electrons. The van der Waals surface area contributed by atoms with Crippen molar-refractivity contribution in [2.45, 2.75) is 52.1 Å². The van der Waals surface area contributed by atoms with Crippen LogP contribution < -0.4 is 0 Å². The van der Waals surface area contributed by atoms with E-state index in [4.69, 9.17) is 9.47 Å². The Balaban J connectivity index is 1.71. The quantitative estimate of drug-likeness (QED) is 0.761. The number of likely N-dealkylation sites (tertiary alicyclic amines) is 1. The molecule has 0 bridgehead atoms. The first-order chi connectivity index (χ1) is 12.3. The van der Waals surface area contributed by atoms with Gasteiger partial charge < -0.3 is 14.4 Å². The predicted molar refractivity (Wildman–Crippen MR) is 96.6 cm³/mol. The van der Waals surface area contributed by atoms with Gasteiger partial charge in [-0.25, -0.2) is 19.1 Å². The number of carbonyl (C=O) groups is 2. The summed E-state index contributed by atoms with van der Waals surface area (Å²) in [5.74, 6) is -0.297. The summed E-state index contributed by atoms with van der Waals surface area (Å²) in [6.45, 7) is 8.94. The summed E-state index contributed by atoms with van der Waals surface area (Å²) in [6.07, 6.45) is 3.16. The fraction of sp³-hybridized carbons (Fsp3) is 0.647. The summed E-state index contributed by atoms with van der Waals surface area (Å²) in [6, 6.07) is 0. The Hall–Kier alpha value is -2.16. The van der Waals surface area contributed by atoms with Crippen LogP contribution in [-0.2, 0) is 9.47 Å². The van der Waals surface area contributed by atoms with Gasteiger partial charge in [0.1, 0.15) is 10.6 Å². The third-order valence-corrected chi connectivity index (χ3v) is 5.05. The van der Waals surface area contributed by atoms with Gasteiger partial charge in [-0.2, -0.15) is 5.10 Å². The first-order valence-electron chi connectivity index (χ1n) is 8.78. The van der Waals surface area contributed by atoms with Crippen LogP contribution in [0.5, 0.6) is 0 Å². The van der Waals surface area contributed by atoms with E-state index in [-0.39, 0.29) is 17.7 Å². The number of rotatable bonds is 3. The fourth-order valence-corrected chi connectivity index (χ4v) is 3.86. The van der Waals surface area contributed by atoms with Crippen molar-refractivity contribution < 1.29 is 19.1 Å². The summed E-state index contributed by atoms with van der Waals surface area (Å²) >= 11 is 1.44. The highest BCUT2D eigenvalue weighted by atomic mass is 32.1. The van der Waals surface area contributed by atoms with E-state index < -0.39 is 11.6 Å². The molecule has 26 heavy (non-hydrogen) atoms. The van der Waals surface area contributed by atoms with Gasteiger partial charge >= 0.3 is 12.1 Å². The van der Waals surface area contributed by atoms with Gasteiger partial charge in [-0.15, -0.1) is 0 Å². The van der Waals surface area contributed by atoms with E-state index in [1.165, 1.54) is 11.3 Å².